The van der Waals surface area contributed by atoms with Crippen LogP contribution in [0.4, 0.5) is 0 Å². The lowest BCUT2D eigenvalue weighted by atomic mass is 9.95. The molecular weight excluding hydrogens is 464 g/mol. The van der Waals surface area contributed by atoms with E-state index in [4.69, 9.17) is 4.74 Å². The molecule has 7 nitrogen and oxygen atoms in total. The largest absolute Gasteiger partial charge is 0.508 e. The molecule has 8 heteroatoms. The van der Waals surface area contributed by atoms with Crippen LogP contribution >= 0.6 is 15.9 Å². The van der Waals surface area contributed by atoms with E-state index in [0.29, 0.717) is 37.4 Å². The van der Waals surface area contributed by atoms with Crippen LogP contribution in [0.5, 0.6) is 5.75 Å². The number of rotatable bonds is 5. The van der Waals surface area contributed by atoms with E-state index in [9.17, 15) is 19.8 Å². The van der Waals surface area contributed by atoms with Gasteiger partial charge >= 0.3 is 0 Å². The van der Waals surface area contributed by atoms with Crippen molar-refractivity contribution in [1.82, 2.24) is 9.80 Å². The number of phenols is 1. The van der Waals surface area contributed by atoms with Crippen molar-refractivity contribution in [2.24, 2.45) is 0 Å². The standard InChI is InChI=1S/C23H23BrN2O5/c24-17-5-1-16(2-6-17)21(28)19-20(15-3-7-18(27)8-4-15)26(23(30)22(19)29)10-9-25-11-13-31-14-12-25/h1-8,20,27-28H,9-14H2/b21-19+. The fraction of sp³-hybridized carbons (Fsp3) is 0.304. The van der Waals surface area contributed by atoms with Gasteiger partial charge in [0.25, 0.3) is 11.7 Å². The number of hydrogen-bond donors (Lipinski definition) is 2. The van der Waals surface area contributed by atoms with Crippen molar-refractivity contribution in [1.29, 1.82) is 0 Å². The highest BCUT2D eigenvalue weighted by molar-refractivity contribution is 9.10. The third-order valence-corrected chi connectivity index (χ3v) is 6.16. The Morgan fingerprint density at radius 1 is 1.00 bits per heavy atom. The van der Waals surface area contributed by atoms with Crippen LogP contribution in [0.3, 0.4) is 0 Å². The summed E-state index contributed by atoms with van der Waals surface area (Å²) in [4.78, 5) is 29.7. The second kappa shape index (κ2) is 9.21. The number of halogens is 1. The maximum absolute atomic E-state index is 13.0. The van der Waals surface area contributed by atoms with E-state index >= 15 is 0 Å². The zero-order valence-corrected chi connectivity index (χ0v) is 18.4. The highest BCUT2D eigenvalue weighted by atomic mass is 79.9. The molecule has 2 aromatic carbocycles. The molecule has 162 valence electrons. The molecule has 1 amide bonds. The van der Waals surface area contributed by atoms with Crippen LogP contribution < -0.4 is 0 Å². The molecule has 1 unspecified atom stereocenters. The number of hydrogen-bond acceptors (Lipinski definition) is 6. The monoisotopic (exact) mass is 486 g/mol. The molecule has 2 N–H and O–H groups in total. The normalized spacial score (nSPS) is 21.6. The molecule has 0 aromatic heterocycles. The number of morpholine rings is 1. The number of carbonyl (C=O) groups excluding carboxylic acids is 2. The molecule has 0 bridgehead atoms. The van der Waals surface area contributed by atoms with E-state index in [1.807, 2.05) is 0 Å². The summed E-state index contributed by atoms with van der Waals surface area (Å²) in [5.41, 5.74) is 1.16. The van der Waals surface area contributed by atoms with Gasteiger partial charge in [0.1, 0.15) is 11.5 Å². The Morgan fingerprint density at radius 2 is 1.65 bits per heavy atom. The summed E-state index contributed by atoms with van der Waals surface area (Å²) in [7, 11) is 0. The predicted molar refractivity (Wildman–Crippen MR) is 119 cm³/mol. The summed E-state index contributed by atoms with van der Waals surface area (Å²) >= 11 is 3.36. The molecular formula is C23H23BrN2O5. The van der Waals surface area contributed by atoms with E-state index in [-0.39, 0.29) is 17.1 Å². The Morgan fingerprint density at radius 3 is 2.29 bits per heavy atom. The number of ketones is 1. The smallest absolute Gasteiger partial charge is 0.295 e. The Balaban J connectivity index is 1.72. The fourth-order valence-electron chi connectivity index (χ4n) is 3.95. The van der Waals surface area contributed by atoms with Gasteiger partial charge < -0.3 is 19.8 Å². The fourth-order valence-corrected chi connectivity index (χ4v) is 4.22. The summed E-state index contributed by atoms with van der Waals surface area (Å²) in [5, 5.41) is 20.7. The minimum Gasteiger partial charge on any atom is -0.508 e. The third-order valence-electron chi connectivity index (χ3n) is 5.63. The molecule has 2 aromatic rings. The van der Waals surface area contributed by atoms with Gasteiger partial charge in [-0.1, -0.05) is 40.2 Å². The molecule has 2 aliphatic heterocycles. The van der Waals surface area contributed by atoms with Gasteiger partial charge in [-0.05, 0) is 29.8 Å². The second-order valence-electron chi connectivity index (χ2n) is 7.54. The molecule has 31 heavy (non-hydrogen) atoms. The summed E-state index contributed by atoms with van der Waals surface area (Å²) in [6, 6.07) is 12.5. The van der Waals surface area contributed by atoms with Gasteiger partial charge in [0, 0.05) is 36.2 Å². The van der Waals surface area contributed by atoms with Gasteiger partial charge in [0.15, 0.2) is 0 Å². The van der Waals surface area contributed by atoms with Gasteiger partial charge in [-0.25, -0.2) is 0 Å². The van der Waals surface area contributed by atoms with E-state index in [1.165, 1.54) is 17.0 Å². The average Bonchev–Trinajstić information content (AvgIpc) is 3.04. The minimum atomic E-state index is -0.731. The number of phenolic OH excluding ortho intramolecular Hbond substituents is 1. The van der Waals surface area contributed by atoms with E-state index in [1.54, 1.807) is 36.4 Å². The number of likely N-dealkylation sites (tertiary alicyclic amines) is 1. The summed E-state index contributed by atoms with van der Waals surface area (Å²) in [6.45, 7) is 3.77. The molecule has 0 saturated carbocycles. The first-order valence-corrected chi connectivity index (χ1v) is 10.9. The van der Waals surface area contributed by atoms with Crippen molar-refractivity contribution in [3.63, 3.8) is 0 Å². The van der Waals surface area contributed by atoms with Crippen molar-refractivity contribution in [2.45, 2.75) is 6.04 Å². The minimum absolute atomic E-state index is 0.0555. The number of aromatic hydroxyl groups is 1. The number of amides is 1. The van der Waals surface area contributed by atoms with Crippen LogP contribution in [0, 0.1) is 0 Å². The maximum Gasteiger partial charge on any atom is 0.295 e. The van der Waals surface area contributed by atoms with E-state index < -0.39 is 17.7 Å². The van der Waals surface area contributed by atoms with Gasteiger partial charge in [0.2, 0.25) is 0 Å². The topological polar surface area (TPSA) is 90.3 Å². The predicted octanol–water partition coefficient (Wildman–Crippen LogP) is 2.91. The highest BCUT2D eigenvalue weighted by Crippen LogP contribution is 2.39. The van der Waals surface area contributed by atoms with Crippen molar-refractivity contribution >= 4 is 33.4 Å². The van der Waals surface area contributed by atoms with Crippen LogP contribution in [-0.2, 0) is 14.3 Å². The molecule has 4 rings (SSSR count). The SMILES string of the molecule is O=C1C(=O)N(CCN2CCOCC2)C(c2ccc(O)cc2)/C1=C(\O)c1ccc(Br)cc1. The van der Waals surface area contributed by atoms with Crippen LogP contribution in [0.1, 0.15) is 17.2 Å². The van der Waals surface area contributed by atoms with Crippen molar-refractivity contribution in [3.05, 3.63) is 69.7 Å². The Bertz CT molecular complexity index is 998. The zero-order chi connectivity index (χ0) is 22.0. The lowest BCUT2D eigenvalue weighted by Gasteiger charge is -2.31. The molecule has 0 spiro atoms. The quantitative estimate of drug-likeness (QED) is 0.383. The summed E-state index contributed by atoms with van der Waals surface area (Å²) in [6.07, 6.45) is 0. The van der Waals surface area contributed by atoms with E-state index in [2.05, 4.69) is 20.8 Å². The first-order chi connectivity index (χ1) is 15.0. The lowest BCUT2D eigenvalue weighted by molar-refractivity contribution is -0.140. The first-order valence-electron chi connectivity index (χ1n) is 10.1. The number of Topliss-reactive ketones (excluding diaryl/α,β-unsaturated/α-hetero) is 1. The van der Waals surface area contributed by atoms with Gasteiger partial charge in [0.05, 0.1) is 24.8 Å². The second-order valence-corrected chi connectivity index (χ2v) is 8.46. The van der Waals surface area contributed by atoms with Crippen molar-refractivity contribution in [2.75, 3.05) is 39.4 Å². The third kappa shape index (κ3) is 4.51. The van der Waals surface area contributed by atoms with Crippen LogP contribution in [0.25, 0.3) is 5.76 Å². The van der Waals surface area contributed by atoms with Crippen LogP contribution in [0.2, 0.25) is 0 Å². The Labute approximate surface area is 188 Å². The van der Waals surface area contributed by atoms with E-state index in [0.717, 1.165) is 17.6 Å². The number of aliphatic hydroxyl groups is 1. The van der Waals surface area contributed by atoms with Gasteiger partial charge in [-0.15, -0.1) is 0 Å². The van der Waals surface area contributed by atoms with Gasteiger partial charge in [-0.3, -0.25) is 14.5 Å². The molecule has 0 aliphatic carbocycles. The highest BCUT2D eigenvalue weighted by Gasteiger charge is 2.46. The first kappa shape index (κ1) is 21.5. The molecule has 2 fully saturated rings. The van der Waals surface area contributed by atoms with Crippen LogP contribution in [-0.4, -0.2) is 71.1 Å². The summed E-state index contributed by atoms with van der Waals surface area (Å²) in [5.74, 6) is -1.47. The lowest BCUT2D eigenvalue weighted by Crippen LogP contribution is -2.42. The average molecular weight is 487 g/mol. The molecule has 0 radical (unpaired) electrons. The molecule has 2 heterocycles. The number of nitrogens with zero attached hydrogens (tertiary/aromatic N) is 2. The number of carbonyl (C=O) groups is 2. The molecule has 2 saturated heterocycles. The van der Waals surface area contributed by atoms with Crippen LogP contribution in [0.15, 0.2) is 58.6 Å². The summed E-state index contributed by atoms with van der Waals surface area (Å²) < 4.78 is 6.21. The Kier molecular flexibility index (Phi) is 6.41. The Hall–Kier alpha value is -2.68. The van der Waals surface area contributed by atoms with Gasteiger partial charge in [-0.2, -0.15) is 0 Å². The molecule has 1 atom stereocenters. The molecule has 2 aliphatic rings. The van der Waals surface area contributed by atoms with Crippen molar-refractivity contribution < 1.29 is 24.5 Å². The number of ether oxygens (including phenoxy) is 1. The zero-order valence-electron chi connectivity index (χ0n) is 16.8. The number of benzene rings is 2. The maximum atomic E-state index is 13.0. The van der Waals surface area contributed by atoms with Crippen molar-refractivity contribution in [3.8, 4) is 5.75 Å². The number of aliphatic hydroxyl groups excluding tert-OH is 1.